The molecule has 0 aliphatic rings. The summed E-state index contributed by atoms with van der Waals surface area (Å²) in [6.07, 6.45) is 5.77. The van der Waals surface area contributed by atoms with Gasteiger partial charge in [0.1, 0.15) is 6.34 Å². The van der Waals surface area contributed by atoms with Gasteiger partial charge in [0.2, 0.25) is 0 Å². The molecule has 4 rings (SSSR count). The number of para-hydroxylation sites is 1. The zero-order valence-electron chi connectivity index (χ0n) is 17.0. The van der Waals surface area contributed by atoms with E-state index < -0.39 is 0 Å². The summed E-state index contributed by atoms with van der Waals surface area (Å²) in [4.78, 5) is 23.9. The molecule has 0 saturated carbocycles. The number of imidazole rings is 1. The SMILES string of the molecule is O=C(N=CN(NCCc1cnc[nH]1)c1ccccc1-c1ccccc1)c1ccccc1. The van der Waals surface area contributed by atoms with Crippen LogP contribution in [0.1, 0.15) is 16.1 Å². The van der Waals surface area contributed by atoms with Crippen LogP contribution in [0.25, 0.3) is 11.1 Å². The number of H-pyrrole nitrogens is 1. The Morgan fingerprint density at radius 3 is 2.42 bits per heavy atom. The van der Waals surface area contributed by atoms with E-state index in [0.29, 0.717) is 12.1 Å². The summed E-state index contributed by atoms with van der Waals surface area (Å²) in [5, 5.41) is 1.81. The molecule has 0 aliphatic carbocycles. The van der Waals surface area contributed by atoms with E-state index >= 15 is 0 Å². The number of carbonyl (C=O) groups excluding carboxylic acids is 1. The molecule has 0 fully saturated rings. The molecular weight excluding hydrogens is 386 g/mol. The number of carbonyl (C=O) groups is 1. The third kappa shape index (κ3) is 5.32. The number of aliphatic imine (C=N–C) groups is 1. The molecule has 1 aromatic heterocycles. The second-order valence-electron chi connectivity index (χ2n) is 6.90. The number of hydrazine groups is 1. The molecule has 2 N–H and O–H groups in total. The first kappa shape index (κ1) is 20.3. The Balaban J connectivity index is 1.61. The molecule has 31 heavy (non-hydrogen) atoms. The highest BCUT2D eigenvalue weighted by Crippen LogP contribution is 2.29. The van der Waals surface area contributed by atoms with E-state index in [1.54, 1.807) is 36.0 Å². The van der Waals surface area contributed by atoms with Crippen LogP contribution >= 0.6 is 0 Å². The van der Waals surface area contributed by atoms with Gasteiger partial charge in [-0.25, -0.2) is 10.4 Å². The predicted molar refractivity (Wildman–Crippen MR) is 124 cm³/mol. The standard InChI is InChI=1S/C25H23N5O/c31-25(21-11-5-2-6-12-21)28-19-30(29-16-15-22-17-26-18-27-22)24-14-8-7-13-23(24)20-9-3-1-4-10-20/h1-14,17-19,29H,15-16H2,(H,26,27). The van der Waals surface area contributed by atoms with Crippen molar-refractivity contribution in [1.82, 2.24) is 15.4 Å². The third-order valence-corrected chi connectivity index (χ3v) is 4.79. The lowest BCUT2D eigenvalue weighted by Crippen LogP contribution is -2.39. The quantitative estimate of drug-likeness (QED) is 0.255. The average Bonchev–Trinajstić information content (AvgIpc) is 3.36. The van der Waals surface area contributed by atoms with Gasteiger partial charge >= 0.3 is 0 Å². The Bertz CT molecular complexity index is 1130. The maximum Gasteiger partial charge on any atom is 0.278 e. The molecule has 0 atom stereocenters. The van der Waals surface area contributed by atoms with Crippen molar-refractivity contribution in [3.63, 3.8) is 0 Å². The van der Waals surface area contributed by atoms with Crippen molar-refractivity contribution in [3.8, 4) is 11.1 Å². The molecule has 6 heteroatoms. The summed E-state index contributed by atoms with van der Waals surface area (Å²) in [6.45, 7) is 0.636. The molecule has 1 amide bonds. The van der Waals surface area contributed by atoms with Crippen molar-refractivity contribution in [2.24, 2.45) is 4.99 Å². The van der Waals surface area contributed by atoms with Gasteiger partial charge in [0.05, 0.1) is 12.0 Å². The molecule has 0 unspecified atom stereocenters. The van der Waals surface area contributed by atoms with Crippen molar-refractivity contribution < 1.29 is 4.79 Å². The molecule has 3 aromatic carbocycles. The fraction of sp³-hybridized carbons (Fsp3) is 0.0800. The Kier molecular flexibility index (Phi) is 6.62. The number of hydrogen-bond donors (Lipinski definition) is 2. The predicted octanol–water partition coefficient (Wildman–Crippen LogP) is 4.50. The maximum atomic E-state index is 12.5. The van der Waals surface area contributed by atoms with Gasteiger partial charge in [0.25, 0.3) is 5.91 Å². The van der Waals surface area contributed by atoms with Gasteiger partial charge in [-0.2, -0.15) is 4.99 Å². The summed E-state index contributed by atoms with van der Waals surface area (Å²) >= 11 is 0. The van der Waals surface area contributed by atoms with Gasteiger partial charge in [0, 0.05) is 36.0 Å². The Labute approximate surface area is 181 Å². The number of rotatable bonds is 8. The van der Waals surface area contributed by atoms with E-state index in [4.69, 9.17) is 0 Å². The minimum Gasteiger partial charge on any atom is -0.348 e. The normalized spacial score (nSPS) is 11.0. The summed E-state index contributed by atoms with van der Waals surface area (Å²) in [7, 11) is 0. The van der Waals surface area contributed by atoms with Crippen LogP contribution in [0.5, 0.6) is 0 Å². The van der Waals surface area contributed by atoms with Crippen LogP contribution in [0.4, 0.5) is 5.69 Å². The van der Waals surface area contributed by atoms with Crippen molar-refractivity contribution in [2.75, 3.05) is 11.6 Å². The highest BCUT2D eigenvalue weighted by molar-refractivity contribution is 6.01. The van der Waals surface area contributed by atoms with E-state index in [1.165, 1.54) is 0 Å². The van der Waals surface area contributed by atoms with Gasteiger partial charge in [-0.1, -0.05) is 66.7 Å². The summed E-state index contributed by atoms with van der Waals surface area (Å²) in [6, 6.07) is 27.2. The molecular formula is C25H23N5O. The largest absolute Gasteiger partial charge is 0.348 e. The number of nitrogens with one attached hydrogen (secondary N) is 2. The van der Waals surface area contributed by atoms with Gasteiger partial charge < -0.3 is 4.98 Å². The number of nitrogens with zero attached hydrogens (tertiary/aromatic N) is 3. The van der Waals surface area contributed by atoms with Gasteiger partial charge in [0.15, 0.2) is 0 Å². The number of anilines is 1. The highest BCUT2D eigenvalue weighted by atomic mass is 16.1. The first-order valence-electron chi connectivity index (χ1n) is 10.1. The first-order chi connectivity index (χ1) is 15.3. The molecule has 0 aliphatic heterocycles. The van der Waals surface area contributed by atoms with Crippen LogP contribution in [-0.4, -0.2) is 28.8 Å². The van der Waals surface area contributed by atoms with Gasteiger partial charge in [-0.15, -0.1) is 0 Å². The van der Waals surface area contributed by atoms with Crippen molar-refractivity contribution in [1.29, 1.82) is 0 Å². The molecule has 0 bridgehead atoms. The van der Waals surface area contributed by atoms with Crippen molar-refractivity contribution >= 4 is 17.9 Å². The Hall–Kier alpha value is -4.03. The minimum absolute atomic E-state index is 0.293. The lowest BCUT2D eigenvalue weighted by atomic mass is 10.0. The van der Waals surface area contributed by atoms with Crippen molar-refractivity contribution in [2.45, 2.75) is 6.42 Å². The lowest BCUT2D eigenvalue weighted by molar-refractivity contribution is 0.100. The fourth-order valence-electron chi connectivity index (χ4n) is 3.23. The van der Waals surface area contributed by atoms with Gasteiger partial charge in [-0.05, 0) is 23.8 Å². The second kappa shape index (κ2) is 10.1. The number of benzene rings is 3. The summed E-state index contributed by atoms with van der Waals surface area (Å²) in [5.41, 5.74) is 7.98. The van der Waals surface area contributed by atoms with E-state index in [2.05, 4.69) is 38.6 Å². The Morgan fingerprint density at radius 2 is 1.68 bits per heavy atom. The molecule has 4 aromatic rings. The summed E-state index contributed by atoms with van der Waals surface area (Å²) in [5.74, 6) is -0.293. The Morgan fingerprint density at radius 1 is 0.968 bits per heavy atom. The van der Waals surface area contributed by atoms with Crippen LogP contribution in [0, 0.1) is 0 Å². The molecule has 0 radical (unpaired) electrons. The van der Waals surface area contributed by atoms with Crippen LogP contribution in [0.3, 0.4) is 0 Å². The highest BCUT2D eigenvalue weighted by Gasteiger charge is 2.12. The molecule has 6 nitrogen and oxygen atoms in total. The summed E-state index contributed by atoms with van der Waals surface area (Å²) < 4.78 is 0. The van der Waals surface area contributed by atoms with Crippen molar-refractivity contribution in [3.05, 3.63) is 109 Å². The number of aromatic nitrogens is 2. The monoisotopic (exact) mass is 409 g/mol. The zero-order chi connectivity index (χ0) is 21.3. The molecule has 0 saturated heterocycles. The fourth-order valence-corrected chi connectivity index (χ4v) is 3.23. The second-order valence-corrected chi connectivity index (χ2v) is 6.90. The van der Waals surface area contributed by atoms with Gasteiger partial charge in [-0.3, -0.25) is 9.80 Å². The zero-order valence-corrected chi connectivity index (χ0v) is 17.0. The molecule has 1 heterocycles. The smallest absolute Gasteiger partial charge is 0.278 e. The van der Waals surface area contributed by atoms with Crippen LogP contribution in [0.2, 0.25) is 0 Å². The van der Waals surface area contributed by atoms with E-state index in [9.17, 15) is 4.79 Å². The number of amides is 1. The number of aromatic amines is 1. The third-order valence-electron chi connectivity index (χ3n) is 4.79. The van der Waals surface area contributed by atoms with Crippen LogP contribution in [-0.2, 0) is 6.42 Å². The molecule has 154 valence electrons. The van der Waals surface area contributed by atoms with E-state index in [1.807, 2.05) is 54.6 Å². The lowest BCUT2D eigenvalue weighted by Gasteiger charge is -2.23. The van der Waals surface area contributed by atoms with E-state index in [-0.39, 0.29) is 5.91 Å². The minimum atomic E-state index is -0.293. The average molecular weight is 409 g/mol. The van der Waals surface area contributed by atoms with Crippen LogP contribution < -0.4 is 10.4 Å². The van der Waals surface area contributed by atoms with E-state index in [0.717, 1.165) is 28.9 Å². The number of hydrogen-bond acceptors (Lipinski definition) is 3. The van der Waals surface area contributed by atoms with Crippen LogP contribution in [0.15, 0.2) is 102 Å². The molecule has 0 spiro atoms. The first-order valence-corrected chi connectivity index (χ1v) is 10.1. The topological polar surface area (TPSA) is 73.4 Å². The maximum absolute atomic E-state index is 12.5.